The summed E-state index contributed by atoms with van der Waals surface area (Å²) in [6, 6.07) is 7.40. The lowest BCUT2D eigenvalue weighted by molar-refractivity contribution is -0.148. The molecule has 0 spiro atoms. The van der Waals surface area contributed by atoms with Gasteiger partial charge in [-0.15, -0.1) is 0 Å². The number of methoxy groups -OCH3 is 1. The summed E-state index contributed by atoms with van der Waals surface area (Å²) < 4.78 is 49.3. The van der Waals surface area contributed by atoms with Gasteiger partial charge in [-0.2, -0.15) is 18.2 Å². The number of anilines is 3. The van der Waals surface area contributed by atoms with Crippen molar-refractivity contribution in [2.45, 2.75) is 38.3 Å². The van der Waals surface area contributed by atoms with E-state index in [1.54, 1.807) is 19.4 Å². The number of benzene rings is 1. The van der Waals surface area contributed by atoms with Crippen LogP contribution in [0.4, 0.5) is 30.6 Å². The number of halogens is 3. The Morgan fingerprint density at radius 1 is 1.03 bits per heavy atom. The van der Waals surface area contributed by atoms with Gasteiger partial charge in [-0.25, -0.2) is 4.98 Å². The second-order valence-electron chi connectivity index (χ2n) is 9.72. The van der Waals surface area contributed by atoms with E-state index < -0.39 is 12.7 Å². The second kappa shape index (κ2) is 13.1. The van der Waals surface area contributed by atoms with E-state index in [4.69, 9.17) is 9.47 Å². The maximum atomic E-state index is 12.6. The fourth-order valence-electron chi connectivity index (χ4n) is 4.84. The molecule has 11 heteroatoms. The number of rotatable bonds is 12. The Kier molecular flexibility index (Phi) is 9.68. The summed E-state index contributed by atoms with van der Waals surface area (Å²) >= 11 is 0. The number of ether oxygens (including phenoxy) is 2. The van der Waals surface area contributed by atoms with Crippen molar-refractivity contribution >= 4 is 17.5 Å². The first-order valence-electron chi connectivity index (χ1n) is 13.0. The van der Waals surface area contributed by atoms with Crippen molar-refractivity contribution in [3.8, 4) is 11.5 Å². The molecule has 0 unspecified atom stereocenters. The van der Waals surface area contributed by atoms with Crippen LogP contribution in [0, 0.1) is 5.92 Å². The van der Waals surface area contributed by atoms with Gasteiger partial charge in [-0.3, -0.25) is 4.90 Å². The van der Waals surface area contributed by atoms with E-state index in [0.29, 0.717) is 55.4 Å². The van der Waals surface area contributed by atoms with Crippen LogP contribution in [0.15, 0.2) is 30.5 Å². The van der Waals surface area contributed by atoms with Gasteiger partial charge in [0.15, 0.2) is 11.5 Å². The zero-order valence-electron chi connectivity index (χ0n) is 21.4. The lowest BCUT2D eigenvalue weighted by Crippen LogP contribution is -2.41. The van der Waals surface area contributed by atoms with Crippen LogP contribution in [0.2, 0.25) is 0 Å². The Labute approximate surface area is 216 Å². The summed E-state index contributed by atoms with van der Waals surface area (Å²) in [5.41, 5.74) is 0.782. The maximum Gasteiger partial charge on any atom is 0.401 e. The third kappa shape index (κ3) is 8.92. The van der Waals surface area contributed by atoms with Crippen molar-refractivity contribution in [3.05, 3.63) is 30.5 Å². The van der Waals surface area contributed by atoms with Gasteiger partial charge >= 0.3 is 6.18 Å². The second-order valence-corrected chi connectivity index (χ2v) is 9.72. The quantitative estimate of drug-likeness (QED) is 0.386. The topological polar surface area (TPSA) is 74.8 Å². The molecule has 0 amide bonds. The van der Waals surface area contributed by atoms with Gasteiger partial charge in [0.1, 0.15) is 5.82 Å². The normalized spacial score (nSPS) is 17.6. The summed E-state index contributed by atoms with van der Waals surface area (Å²) in [4.78, 5) is 12.8. The standard InChI is InChI=1S/C26H37F3N6O2/c1-36-22-6-5-21(17-23(22)37-16-4-13-34-11-2-3-12-34)32-25-30-10-7-24(33-25)31-18-20-8-14-35(15-9-20)19-26(27,28)29/h5-7,10,17,20H,2-4,8-9,11-16,18-19H2,1H3,(H2,30,31,32,33). The highest BCUT2D eigenvalue weighted by Gasteiger charge is 2.32. The zero-order valence-corrected chi connectivity index (χ0v) is 21.4. The first-order valence-corrected chi connectivity index (χ1v) is 13.0. The number of likely N-dealkylation sites (tertiary alicyclic amines) is 2. The summed E-state index contributed by atoms with van der Waals surface area (Å²) in [6.07, 6.45) is 2.51. The first kappa shape index (κ1) is 27.3. The van der Waals surface area contributed by atoms with E-state index in [0.717, 1.165) is 31.5 Å². The van der Waals surface area contributed by atoms with Gasteiger partial charge in [-0.1, -0.05) is 0 Å². The highest BCUT2D eigenvalue weighted by Crippen LogP contribution is 2.31. The number of aromatic nitrogens is 2. The third-order valence-corrected chi connectivity index (χ3v) is 6.83. The molecular formula is C26H37F3N6O2. The lowest BCUT2D eigenvalue weighted by atomic mass is 9.97. The van der Waals surface area contributed by atoms with Crippen molar-refractivity contribution in [3.63, 3.8) is 0 Å². The molecule has 2 aliphatic rings. The number of hydrogen-bond acceptors (Lipinski definition) is 8. The van der Waals surface area contributed by atoms with Crippen LogP contribution in [-0.4, -0.2) is 85.5 Å². The van der Waals surface area contributed by atoms with Crippen LogP contribution in [0.1, 0.15) is 32.1 Å². The van der Waals surface area contributed by atoms with Crippen LogP contribution in [0.5, 0.6) is 11.5 Å². The molecule has 4 rings (SSSR count). The SMILES string of the molecule is COc1ccc(Nc2nccc(NCC3CCN(CC(F)(F)F)CC3)n2)cc1OCCCN1CCCC1. The minimum Gasteiger partial charge on any atom is -0.493 e. The highest BCUT2D eigenvalue weighted by molar-refractivity contribution is 5.60. The Bertz CT molecular complexity index is 979. The summed E-state index contributed by atoms with van der Waals surface area (Å²) in [7, 11) is 1.62. The van der Waals surface area contributed by atoms with Gasteiger partial charge in [-0.05, 0) is 82.4 Å². The molecule has 2 aromatic rings. The van der Waals surface area contributed by atoms with E-state index in [2.05, 4.69) is 25.5 Å². The zero-order chi connectivity index (χ0) is 26.1. The largest absolute Gasteiger partial charge is 0.493 e. The average molecular weight is 523 g/mol. The van der Waals surface area contributed by atoms with Gasteiger partial charge < -0.3 is 25.0 Å². The van der Waals surface area contributed by atoms with Crippen molar-refractivity contribution in [1.82, 2.24) is 19.8 Å². The number of piperidine rings is 1. The van der Waals surface area contributed by atoms with E-state index in [1.165, 1.54) is 30.8 Å². The Balaban J connectivity index is 1.25. The summed E-state index contributed by atoms with van der Waals surface area (Å²) in [5.74, 6) is 2.75. The molecule has 0 bridgehead atoms. The van der Waals surface area contributed by atoms with Crippen molar-refractivity contribution in [2.75, 3.05) is 70.2 Å². The molecule has 0 radical (unpaired) electrons. The van der Waals surface area contributed by atoms with Crippen molar-refractivity contribution in [1.29, 1.82) is 0 Å². The van der Waals surface area contributed by atoms with Crippen LogP contribution in [0.3, 0.4) is 0 Å². The van der Waals surface area contributed by atoms with Gasteiger partial charge in [0.2, 0.25) is 5.95 Å². The molecule has 2 aliphatic heterocycles. The Morgan fingerprint density at radius 2 is 1.81 bits per heavy atom. The fourth-order valence-corrected chi connectivity index (χ4v) is 4.84. The van der Waals surface area contributed by atoms with Crippen molar-refractivity contribution in [2.24, 2.45) is 5.92 Å². The molecule has 8 nitrogen and oxygen atoms in total. The van der Waals surface area contributed by atoms with Crippen LogP contribution < -0.4 is 20.1 Å². The molecule has 0 aliphatic carbocycles. The minimum atomic E-state index is -4.14. The molecular weight excluding hydrogens is 485 g/mol. The Hall–Kier alpha value is -2.79. The summed E-state index contributed by atoms with van der Waals surface area (Å²) in [5, 5.41) is 6.53. The fraction of sp³-hybridized carbons (Fsp3) is 0.615. The number of nitrogens with zero attached hydrogens (tertiary/aromatic N) is 4. The number of nitrogens with one attached hydrogen (secondary N) is 2. The highest BCUT2D eigenvalue weighted by atomic mass is 19.4. The smallest absolute Gasteiger partial charge is 0.401 e. The van der Waals surface area contributed by atoms with E-state index >= 15 is 0 Å². The molecule has 37 heavy (non-hydrogen) atoms. The molecule has 2 N–H and O–H groups in total. The number of alkyl halides is 3. The average Bonchev–Trinajstić information content (AvgIpc) is 3.39. The van der Waals surface area contributed by atoms with Crippen LogP contribution >= 0.6 is 0 Å². The van der Waals surface area contributed by atoms with Gasteiger partial charge in [0, 0.05) is 31.0 Å². The Morgan fingerprint density at radius 3 is 2.54 bits per heavy atom. The third-order valence-electron chi connectivity index (χ3n) is 6.83. The van der Waals surface area contributed by atoms with Gasteiger partial charge in [0.25, 0.3) is 0 Å². The molecule has 2 fully saturated rings. The van der Waals surface area contributed by atoms with Crippen LogP contribution in [0.25, 0.3) is 0 Å². The van der Waals surface area contributed by atoms with E-state index in [-0.39, 0.29) is 0 Å². The molecule has 0 atom stereocenters. The van der Waals surface area contributed by atoms with Crippen molar-refractivity contribution < 1.29 is 22.6 Å². The number of hydrogen-bond donors (Lipinski definition) is 2. The molecule has 0 saturated carbocycles. The molecule has 1 aromatic heterocycles. The first-order chi connectivity index (χ1) is 17.9. The molecule has 2 saturated heterocycles. The monoisotopic (exact) mass is 522 g/mol. The predicted molar refractivity (Wildman–Crippen MR) is 138 cm³/mol. The van der Waals surface area contributed by atoms with E-state index in [1.807, 2.05) is 18.2 Å². The van der Waals surface area contributed by atoms with Gasteiger partial charge in [0.05, 0.1) is 20.3 Å². The lowest BCUT2D eigenvalue weighted by Gasteiger charge is -2.32. The minimum absolute atomic E-state index is 0.308. The molecule has 3 heterocycles. The van der Waals surface area contributed by atoms with Crippen LogP contribution in [-0.2, 0) is 0 Å². The maximum absolute atomic E-state index is 12.6. The molecule has 1 aromatic carbocycles. The molecule has 204 valence electrons. The predicted octanol–water partition coefficient (Wildman–Crippen LogP) is 4.78. The van der Waals surface area contributed by atoms with E-state index in [9.17, 15) is 13.2 Å². The summed E-state index contributed by atoms with van der Waals surface area (Å²) in [6.45, 7) is 4.77.